The molecule has 0 atom stereocenters. The van der Waals surface area contributed by atoms with Crippen LogP contribution in [0.4, 0.5) is 0 Å². The molecule has 0 unspecified atom stereocenters. The van der Waals surface area contributed by atoms with E-state index in [9.17, 15) is 4.79 Å². The maximum atomic E-state index is 11.7. The van der Waals surface area contributed by atoms with Crippen molar-refractivity contribution in [1.82, 2.24) is 5.06 Å². The summed E-state index contributed by atoms with van der Waals surface area (Å²) in [7, 11) is 3.02. The predicted molar refractivity (Wildman–Crippen MR) is 61.3 cm³/mol. The number of ether oxygens (including phenoxy) is 1. The SMILES string of the molecule is CON(C)C(=O)c1ccc(OC(C)C)cc1. The lowest BCUT2D eigenvalue weighted by molar-refractivity contribution is -0.0757. The van der Waals surface area contributed by atoms with Gasteiger partial charge in [0.1, 0.15) is 5.75 Å². The van der Waals surface area contributed by atoms with Crippen LogP contribution in [-0.2, 0) is 4.84 Å². The maximum absolute atomic E-state index is 11.7. The summed E-state index contributed by atoms with van der Waals surface area (Å²) in [4.78, 5) is 16.5. The number of carbonyl (C=O) groups excluding carboxylic acids is 1. The molecule has 88 valence electrons. The Hall–Kier alpha value is -1.55. The van der Waals surface area contributed by atoms with Crippen LogP contribution in [-0.4, -0.2) is 31.2 Å². The van der Waals surface area contributed by atoms with E-state index in [1.807, 2.05) is 13.8 Å². The van der Waals surface area contributed by atoms with Crippen molar-refractivity contribution in [2.24, 2.45) is 0 Å². The summed E-state index contributed by atoms with van der Waals surface area (Å²) in [6.07, 6.45) is 0.128. The Morgan fingerprint density at radius 2 is 1.81 bits per heavy atom. The molecule has 4 heteroatoms. The van der Waals surface area contributed by atoms with E-state index in [1.165, 1.54) is 12.2 Å². The van der Waals surface area contributed by atoms with Crippen LogP contribution in [0, 0.1) is 0 Å². The lowest BCUT2D eigenvalue weighted by Crippen LogP contribution is -2.25. The van der Waals surface area contributed by atoms with Gasteiger partial charge in [-0.3, -0.25) is 9.63 Å². The second-order valence-corrected chi connectivity index (χ2v) is 3.68. The first-order valence-electron chi connectivity index (χ1n) is 5.13. The molecule has 0 heterocycles. The van der Waals surface area contributed by atoms with Crippen LogP contribution in [0.1, 0.15) is 24.2 Å². The smallest absolute Gasteiger partial charge is 0.277 e. The molecule has 1 aromatic rings. The van der Waals surface area contributed by atoms with Crippen molar-refractivity contribution in [2.45, 2.75) is 20.0 Å². The summed E-state index contributed by atoms with van der Waals surface area (Å²) in [5.41, 5.74) is 0.570. The number of amides is 1. The average Bonchev–Trinajstić information content (AvgIpc) is 2.27. The first-order valence-corrected chi connectivity index (χ1v) is 5.13. The summed E-state index contributed by atoms with van der Waals surface area (Å²) < 4.78 is 5.48. The number of rotatable bonds is 4. The summed E-state index contributed by atoms with van der Waals surface area (Å²) >= 11 is 0. The Morgan fingerprint density at radius 3 is 2.25 bits per heavy atom. The molecule has 0 aromatic heterocycles. The monoisotopic (exact) mass is 223 g/mol. The quantitative estimate of drug-likeness (QED) is 0.734. The Kier molecular flexibility index (Phi) is 4.31. The van der Waals surface area contributed by atoms with Crippen molar-refractivity contribution < 1.29 is 14.4 Å². The van der Waals surface area contributed by atoms with Gasteiger partial charge < -0.3 is 4.74 Å². The fourth-order valence-electron chi connectivity index (χ4n) is 1.21. The van der Waals surface area contributed by atoms with Crippen LogP contribution < -0.4 is 4.74 Å². The van der Waals surface area contributed by atoms with Gasteiger partial charge >= 0.3 is 0 Å². The molecular formula is C12H17NO3. The maximum Gasteiger partial charge on any atom is 0.277 e. The Bertz CT molecular complexity index is 346. The number of carbonyl (C=O) groups is 1. The van der Waals surface area contributed by atoms with Crippen LogP contribution in [0.15, 0.2) is 24.3 Å². The van der Waals surface area contributed by atoms with E-state index >= 15 is 0 Å². The molecule has 0 saturated carbocycles. The summed E-state index contributed by atoms with van der Waals surface area (Å²) in [6, 6.07) is 6.98. The highest BCUT2D eigenvalue weighted by Crippen LogP contribution is 2.14. The molecule has 16 heavy (non-hydrogen) atoms. The largest absolute Gasteiger partial charge is 0.491 e. The molecule has 0 fully saturated rings. The van der Waals surface area contributed by atoms with Crippen LogP contribution in [0.25, 0.3) is 0 Å². The van der Waals surface area contributed by atoms with E-state index in [-0.39, 0.29) is 12.0 Å². The first kappa shape index (κ1) is 12.5. The molecule has 0 bridgehead atoms. The molecule has 4 nitrogen and oxygen atoms in total. The molecule has 1 rings (SSSR count). The van der Waals surface area contributed by atoms with Crippen molar-refractivity contribution >= 4 is 5.91 Å². The number of hydrogen-bond acceptors (Lipinski definition) is 3. The molecule has 0 spiro atoms. The third-order valence-corrected chi connectivity index (χ3v) is 2.03. The van der Waals surface area contributed by atoms with Gasteiger partial charge in [-0.05, 0) is 38.1 Å². The second kappa shape index (κ2) is 5.51. The van der Waals surface area contributed by atoms with Crippen LogP contribution in [0.3, 0.4) is 0 Å². The molecule has 1 aromatic carbocycles. The first-order chi connectivity index (χ1) is 7.54. The van der Waals surface area contributed by atoms with Crippen molar-refractivity contribution in [1.29, 1.82) is 0 Å². The molecule has 0 saturated heterocycles. The van der Waals surface area contributed by atoms with Gasteiger partial charge in [0.2, 0.25) is 0 Å². The highest BCUT2D eigenvalue weighted by molar-refractivity contribution is 5.93. The topological polar surface area (TPSA) is 38.8 Å². The second-order valence-electron chi connectivity index (χ2n) is 3.68. The predicted octanol–water partition coefficient (Wildman–Crippen LogP) is 2.11. The number of hydrogen-bond donors (Lipinski definition) is 0. The van der Waals surface area contributed by atoms with Gasteiger partial charge in [-0.25, -0.2) is 5.06 Å². The van der Waals surface area contributed by atoms with Gasteiger partial charge in [0, 0.05) is 12.6 Å². The fraction of sp³-hybridized carbons (Fsp3) is 0.417. The van der Waals surface area contributed by atoms with Crippen LogP contribution in [0.5, 0.6) is 5.75 Å². The van der Waals surface area contributed by atoms with Gasteiger partial charge in [-0.15, -0.1) is 0 Å². The van der Waals surface area contributed by atoms with E-state index in [4.69, 9.17) is 9.57 Å². The average molecular weight is 223 g/mol. The third kappa shape index (κ3) is 3.24. The minimum absolute atomic E-state index is 0.128. The van der Waals surface area contributed by atoms with E-state index < -0.39 is 0 Å². The van der Waals surface area contributed by atoms with Gasteiger partial charge in [0.05, 0.1) is 13.2 Å². The minimum atomic E-state index is -0.182. The summed E-state index contributed by atoms with van der Waals surface area (Å²) in [5, 5.41) is 1.18. The molecule has 0 aliphatic carbocycles. The van der Waals surface area contributed by atoms with Crippen molar-refractivity contribution in [3.05, 3.63) is 29.8 Å². The zero-order chi connectivity index (χ0) is 12.1. The number of nitrogens with zero attached hydrogens (tertiary/aromatic N) is 1. The standard InChI is InChI=1S/C12H17NO3/c1-9(2)16-11-7-5-10(6-8-11)12(14)13(3)15-4/h5-9H,1-4H3. The lowest BCUT2D eigenvalue weighted by Gasteiger charge is -2.14. The zero-order valence-corrected chi connectivity index (χ0v) is 10.1. The summed E-state index contributed by atoms with van der Waals surface area (Å²) in [6.45, 7) is 3.91. The molecule has 0 aliphatic heterocycles. The number of benzene rings is 1. The highest BCUT2D eigenvalue weighted by Gasteiger charge is 2.10. The van der Waals surface area contributed by atoms with Gasteiger partial charge in [-0.1, -0.05) is 0 Å². The third-order valence-electron chi connectivity index (χ3n) is 2.03. The van der Waals surface area contributed by atoms with Gasteiger partial charge in [-0.2, -0.15) is 0 Å². The Morgan fingerprint density at radius 1 is 1.25 bits per heavy atom. The molecule has 1 amide bonds. The molecular weight excluding hydrogens is 206 g/mol. The van der Waals surface area contributed by atoms with Crippen molar-refractivity contribution in [3.8, 4) is 5.75 Å². The van der Waals surface area contributed by atoms with Crippen LogP contribution in [0.2, 0.25) is 0 Å². The normalized spacial score (nSPS) is 10.3. The highest BCUT2D eigenvalue weighted by atomic mass is 16.7. The van der Waals surface area contributed by atoms with Gasteiger partial charge in [0.25, 0.3) is 5.91 Å². The molecule has 0 aliphatic rings. The minimum Gasteiger partial charge on any atom is -0.491 e. The lowest BCUT2D eigenvalue weighted by atomic mass is 10.2. The Labute approximate surface area is 95.7 Å². The number of hydroxylamine groups is 2. The van der Waals surface area contributed by atoms with Crippen molar-refractivity contribution in [3.63, 3.8) is 0 Å². The summed E-state index contributed by atoms with van der Waals surface area (Å²) in [5.74, 6) is 0.574. The van der Waals surface area contributed by atoms with E-state index in [0.717, 1.165) is 5.75 Å². The molecule has 0 N–H and O–H groups in total. The van der Waals surface area contributed by atoms with E-state index in [1.54, 1.807) is 31.3 Å². The van der Waals surface area contributed by atoms with E-state index in [2.05, 4.69) is 0 Å². The van der Waals surface area contributed by atoms with Crippen molar-refractivity contribution in [2.75, 3.05) is 14.2 Å². The van der Waals surface area contributed by atoms with Gasteiger partial charge in [0.15, 0.2) is 0 Å². The fourth-order valence-corrected chi connectivity index (χ4v) is 1.21. The zero-order valence-electron chi connectivity index (χ0n) is 10.1. The Balaban J connectivity index is 2.74. The molecule has 0 radical (unpaired) electrons. The van der Waals surface area contributed by atoms with E-state index in [0.29, 0.717) is 5.56 Å². The van der Waals surface area contributed by atoms with Crippen LogP contribution >= 0.6 is 0 Å².